The summed E-state index contributed by atoms with van der Waals surface area (Å²) < 4.78 is 5.52. The van der Waals surface area contributed by atoms with E-state index in [4.69, 9.17) is 9.84 Å². The van der Waals surface area contributed by atoms with Gasteiger partial charge in [-0.05, 0) is 74.0 Å². The van der Waals surface area contributed by atoms with Crippen molar-refractivity contribution in [2.45, 2.75) is 26.9 Å². The zero-order valence-corrected chi connectivity index (χ0v) is 27.0. The third-order valence-corrected chi connectivity index (χ3v) is 7.76. The Morgan fingerprint density at radius 2 is 1.30 bits per heavy atom. The average Bonchev–Trinajstić information content (AvgIpc) is 3.04. The maximum absolute atomic E-state index is 13.3. The van der Waals surface area contributed by atoms with Crippen molar-refractivity contribution in [2.75, 3.05) is 58.1 Å². The summed E-state index contributed by atoms with van der Waals surface area (Å²) in [4.78, 5) is 39.0. The number of methoxy groups -OCH3 is 1. The second-order valence-electron chi connectivity index (χ2n) is 11.2. The molecule has 0 unspecified atom stereocenters. The van der Waals surface area contributed by atoms with Gasteiger partial charge in [0.05, 0.1) is 20.3 Å². The number of rotatable bonds is 14. The SMILES string of the molecule is COc1cc(C(=O)Nc2cccc(-c3cccc(NC(=O)c4ccc(CN(C)CCO)cn4)c3C)c2C)ncc1CN(C)CCO. The van der Waals surface area contributed by atoms with Crippen LogP contribution in [0.2, 0.25) is 0 Å². The van der Waals surface area contributed by atoms with E-state index < -0.39 is 0 Å². The normalized spacial score (nSPS) is 11.2. The number of nitrogens with one attached hydrogen (secondary N) is 2. The van der Waals surface area contributed by atoms with Gasteiger partial charge in [0.2, 0.25) is 0 Å². The molecule has 0 aliphatic rings. The van der Waals surface area contributed by atoms with E-state index in [0.29, 0.717) is 49.0 Å². The maximum Gasteiger partial charge on any atom is 0.274 e. The Balaban J connectivity index is 1.50. The van der Waals surface area contributed by atoms with Crippen molar-refractivity contribution in [1.29, 1.82) is 0 Å². The van der Waals surface area contributed by atoms with Crippen LogP contribution >= 0.6 is 0 Å². The van der Waals surface area contributed by atoms with E-state index in [2.05, 4.69) is 20.6 Å². The summed E-state index contributed by atoms with van der Waals surface area (Å²) in [7, 11) is 5.34. The third-order valence-electron chi connectivity index (χ3n) is 7.76. The first kappa shape index (κ1) is 34.2. The van der Waals surface area contributed by atoms with Crippen LogP contribution in [0.25, 0.3) is 11.1 Å². The van der Waals surface area contributed by atoms with Crippen molar-refractivity contribution in [3.8, 4) is 16.9 Å². The van der Waals surface area contributed by atoms with Gasteiger partial charge in [-0.1, -0.05) is 30.3 Å². The minimum atomic E-state index is -0.370. The molecule has 4 aromatic rings. The second-order valence-corrected chi connectivity index (χ2v) is 11.2. The highest BCUT2D eigenvalue weighted by Gasteiger charge is 2.17. The lowest BCUT2D eigenvalue weighted by Crippen LogP contribution is -2.22. The summed E-state index contributed by atoms with van der Waals surface area (Å²) >= 11 is 0. The van der Waals surface area contributed by atoms with E-state index in [1.165, 1.54) is 0 Å². The van der Waals surface area contributed by atoms with Gasteiger partial charge in [0.25, 0.3) is 11.8 Å². The standard InChI is InChI=1S/C35H42N6O5/c1-23-27(8-6-10-29(23)38-34(44)31-13-12-25(19-36-31)21-40(3)14-16-42)28-9-7-11-30(24(28)2)39-35(45)32-18-33(46-5)26(20-37-32)22-41(4)15-17-43/h6-13,18-20,42-43H,14-17,21-22H2,1-5H3,(H,38,44)(H,39,45). The zero-order chi connectivity index (χ0) is 33.2. The topological polar surface area (TPSA) is 140 Å². The molecule has 0 atom stereocenters. The number of aliphatic hydroxyl groups is 2. The van der Waals surface area contributed by atoms with Crippen LogP contribution in [-0.2, 0) is 13.1 Å². The number of benzene rings is 2. The van der Waals surface area contributed by atoms with E-state index in [1.54, 1.807) is 31.6 Å². The molecule has 0 fully saturated rings. The number of carbonyl (C=O) groups excluding carboxylic acids is 2. The second kappa shape index (κ2) is 16.1. The number of ether oxygens (including phenoxy) is 1. The van der Waals surface area contributed by atoms with Crippen molar-refractivity contribution >= 4 is 23.2 Å². The Labute approximate surface area is 269 Å². The van der Waals surface area contributed by atoms with Crippen LogP contribution in [0.1, 0.15) is 43.2 Å². The summed E-state index contributed by atoms with van der Waals surface area (Å²) in [6.45, 7) is 6.20. The van der Waals surface area contributed by atoms with Crippen LogP contribution in [0.3, 0.4) is 0 Å². The lowest BCUT2D eigenvalue weighted by molar-refractivity contribution is 0.101. The number of pyridine rings is 2. The number of likely N-dealkylation sites (N-methyl/N-ethyl adjacent to an activating group) is 2. The number of aliphatic hydroxyl groups excluding tert-OH is 2. The van der Waals surface area contributed by atoms with Gasteiger partial charge < -0.3 is 25.6 Å². The van der Waals surface area contributed by atoms with Crippen LogP contribution in [0.4, 0.5) is 11.4 Å². The molecule has 0 radical (unpaired) electrons. The fraction of sp³-hybridized carbons (Fsp3) is 0.314. The molecule has 2 amide bonds. The molecule has 2 aromatic carbocycles. The largest absolute Gasteiger partial charge is 0.496 e. The third kappa shape index (κ3) is 8.52. The summed E-state index contributed by atoms with van der Waals surface area (Å²) in [5, 5.41) is 24.3. The molecule has 0 bridgehead atoms. The highest BCUT2D eigenvalue weighted by atomic mass is 16.5. The van der Waals surface area contributed by atoms with E-state index in [0.717, 1.165) is 33.4 Å². The predicted octanol–water partition coefficient (Wildman–Crippen LogP) is 4.12. The van der Waals surface area contributed by atoms with E-state index in [1.807, 2.05) is 80.2 Å². The number of carbonyl (C=O) groups is 2. The molecule has 2 aromatic heterocycles. The number of hydrogen-bond acceptors (Lipinski definition) is 9. The number of nitrogens with zero attached hydrogens (tertiary/aromatic N) is 4. The van der Waals surface area contributed by atoms with Crippen molar-refractivity contribution in [2.24, 2.45) is 0 Å². The van der Waals surface area contributed by atoms with Crippen LogP contribution < -0.4 is 15.4 Å². The van der Waals surface area contributed by atoms with Crippen LogP contribution in [-0.4, -0.2) is 89.3 Å². The number of anilines is 2. The van der Waals surface area contributed by atoms with Crippen molar-refractivity contribution in [3.05, 3.63) is 101 Å². The van der Waals surface area contributed by atoms with Gasteiger partial charge in [-0.2, -0.15) is 0 Å². The molecule has 0 aliphatic heterocycles. The zero-order valence-electron chi connectivity index (χ0n) is 27.0. The fourth-order valence-corrected chi connectivity index (χ4v) is 5.15. The fourth-order valence-electron chi connectivity index (χ4n) is 5.15. The van der Waals surface area contributed by atoms with Crippen LogP contribution in [0, 0.1) is 13.8 Å². The monoisotopic (exact) mass is 626 g/mol. The van der Waals surface area contributed by atoms with Gasteiger partial charge in [0.15, 0.2) is 0 Å². The molecule has 11 heteroatoms. The Kier molecular flexibility index (Phi) is 11.9. The quantitative estimate of drug-likeness (QED) is 0.163. The molecule has 0 saturated carbocycles. The average molecular weight is 627 g/mol. The molecule has 242 valence electrons. The first-order valence-electron chi connectivity index (χ1n) is 15.0. The van der Waals surface area contributed by atoms with Crippen LogP contribution in [0.15, 0.2) is 67.0 Å². The van der Waals surface area contributed by atoms with E-state index in [-0.39, 0.29) is 30.7 Å². The summed E-state index contributed by atoms with van der Waals surface area (Å²) in [6, 6.07) is 16.6. The maximum atomic E-state index is 13.3. The van der Waals surface area contributed by atoms with Gasteiger partial charge in [-0.3, -0.25) is 29.4 Å². The Morgan fingerprint density at radius 1 is 0.761 bits per heavy atom. The van der Waals surface area contributed by atoms with Gasteiger partial charge >= 0.3 is 0 Å². The summed E-state index contributed by atoms with van der Waals surface area (Å²) in [5.41, 5.74) is 7.13. The van der Waals surface area contributed by atoms with Crippen LogP contribution in [0.5, 0.6) is 5.75 Å². The Morgan fingerprint density at radius 3 is 1.83 bits per heavy atom. The lowest BCUT2D eigenvalue weighted by atomic mass is 9.94. The van der Waals surface area contributed by atoms with Crippen molar-refractivity contribution < 1.29 is 24.5 Å². The van der Waals surface area contributed by atoms with Gasteiger partial charge in [-0.15, -0.1) is 0 Å². The lowest BCUT2D eigenvalue weighted by Gasteiger charge is -2.18. The molecular formula is C35H42N6O5. The molecular weight excluding hydrogens is 584 g/mol. The molecule has 46 heavy (non-hydrogen) atoms. The van der Waals surface area contributed by atoms with Gasteiger partial charge in [-0.25, -0.2) is 0 Å². The number of aromatic nitrogens is 2. The Bertz CT molecular complexity index is 1660. The Hall–Kier alpha value is -4.68. The molecule has 4 rings (SSSR count). The van der Waals surface area contributed by atoms with E-state index in [9.17, 15) is 14.7 Å². The number of amides is 2. The van der Waals surface area contributed by atoms with Gasteiger partial charge in [0.1, 0.15) is 17.1 Å². The molecule has 4 N–H and O–H groups in total. The van der Waals surface area contributed by atoms with E-state index >= 15 is 0 Å². The smallest absolute Gasteiger partial charge is 0.274 e. The molecule has 11 nitrogen and oxygen atoms in total. The highest BCUT2D eigenvalue weighted by molar-refractivity contribution is 6.05. The molecule has 0 aliphatic carbocycles. The first-order chi connectivity index (χ1) is 22.1. The molecule has 0 spiro atoms. The summed E-state index contributed by atoms with van der Waals surface area (Å²) in [6.07, 6.45) is 3.29. The minimum absolute atomic E-state index is 0.0432. The number of hydrogen-bond donors (Lipinski definition) is 4. The van der Waals surface area contributed by atoms with Crippen molar-refractivity contribution in [3.63, 3.8) is 0 Å². The minimum Gasteiger partial charge on any atom is -0.496 e. The summed E-state index contributed by atoms with van der Waals surface area (Å²) in [5.74, 6) is -0.144. The van der Waals surface area contributed by atoms with Crippen molar-refractivity contribution in [1.82, 2.24) is 19.8 Å². The predicted molar refractivity (Wildman–Crippen MR) is 179 cm³/mol. The first-order valence-corrected chi connectivity index (χ1v) is 15.0. The van der Waals surface area contributed by atoms with Gasteiger partial charge in [0, 0.05) is 61.6 Å². The molecule has 0 saturated heterocycles. The highest BCUT2D eigenvalue weighted by Crippen LogP contribution is 2.34. The molecule has 2 heterocycles.